The molecule has 0 N–H and O–H groups in total. The van der Waals surface area contributed by atoms with Crippen molar-refractivity contribution in [2.24, 2.45) is 11.8 Å². The van der Waals surface area contributed by atoms with Gasteiger partial charge in [-0.05, 0) is 29.3 Å². The molecule has 2 saturated heterocycles. The molecule has 6 rings (SSSR count). The number of hydrogen-bond donors (Lipinski definition) is 0. The Balaban J connectivity index is 1.46. The summed E-state index contributed by atoms with van der Waals surface area (Å²) >= 11 is 0. The van der Waals surface area contributed by atoms with Gasteiger partial charge in [-0.25, -0.2) is 4.90 Å². The second-order valence-corrected chi connectivity index (χ2v) is 7.51. The van der Waals surface area contributed by atoms with E-state index in [1.54, 1.807) is 18.2 Å². The van der Waals surface area contributed by atoms with E-state index < -0.39 is 17.9 Å². The van der Waals surface area contributed by atoms with Crippen LogP contribution in [0.5, 0.6) is 11.5 Å². The molecule has 7 heteroatoms. The minimum atomic E-state index is -0.710. The highest BCUT2D eigenvalue weighted by atomic mass is 16.7. The molecule has 0 saturated carbocycles. The van der Waals surface area contributed by atoms with Gasteiger partial charge in [0, 0.05) is 12.3 Å². The smallest absolute Gasteiger partial charge is 0.240 e. The fourth-order valence-corrected chi connectivity index (χ4v) is 4.98. The third-order valence-electron chi connectivity index (χ3n) is 6.21. The zero-order chi connectivity index (χ0) is 19.7. The number of carbonyl (C=O) groups excluding carboxylic acids is 2. The first-order chi connectivity index (χ1) is 14.2. The lowest BCUT2D eigenvalue weighted by atomic mass is 9.85. The van der Waals surface area contributed by atoms with Crippen molar-refractivity contribution in [2.75, 3.05) is 11.7 Å². The highest BCUT2D eigenvalue weighted by Gasteiger charge is 2.63. The summed E-state index contributed by atoms with van der Waals surface area (Å²) in [4.78, 5) is 29.9. The SMILES string of the molecule is N#C[C@@H]1[C@@H]2C(=O)N(c3ccc4c(c3)OCO4)C(=O)[C@@H]2[C@@H]2c3ccccc3C=CN12. The van der Waals surface area contributed by atoms with Crippen LogP contribution in [0.3, 0.4) is 0 Å². The van der Waals surface area contributed by atoms with Gasteiger partial charge in [0.2, 0.25) is 18.6 Å². The number of imide groups is 1. The van der Waals surface area contributed by atoms with Crippen molar-refractivity contribution in [3.05, 3.63) is 59.8 Å². The van der Waals surface area contributed by atoms with Gasteiger partial charge in [0.15, 0.2) is 11.5 Å². The summed E-state index contributed by atoms with van der Waals surface area (Å²) in [6.07, 6.45) is 3.77. The van der Waals surface area contributed by atoms with Crippen molar-refractivity contribution in [3.63, 3.8) is 0 Å². The second kappa shape index (κ2) is 5.61. The van der Waals surface area contributed by atoms with Gasteiger partial charge in [-0.2, -0.15) is 5.26 Å². The topological polar surface area (TPSA) is 82.9 Å². The molecule has 2 aromatic rings. The molecule has 0 aromatic heterocycles. The van der Waals surface area contributed by atoms with Crippen LogP contribution in [0, 0.1) is 23.2 Å². The summed E-state index contributed by atoms with van der Waals surface area (Å²) in [6, 6.07) is 14.1. The number of fused-ring (bicyclic) bond motifs is 6. The Bertz CT molecular complexity index is 1150. The van der Waals surface area contributed by atoms with E-state index in [0.29, 0.717) is 17.2 Å². The summed E-state index contributed by atoms with van der Waals surface area (Å²) in [6.45, 7) is 0.114. The predicted molar refractivity (Wildman–Crippen MR) is 101 cm³/mol. The number of ether oxygens (including phenoxy) is 2. The van der Waals surface area contributed by atoms with E-state index in [4.69, 9.17) is 9.47 Å². The Morgan fingerprint density at radius 2 is 1.79 bits per heavy atom. The summed E-state index contributed by atoms with van der Waals surface area (Å²) < 4.78 is 10.7. The van der Waals surface area contributed by atoms with Crippen molar-refractivity contribution in [3.8, 4) is 17.6 Å². The quantitative estimate of drug-likeness (QED) is 0.702. The number of hydrogen-bond acceptors (Lipinski definition) is 6. The molecule has 4 heterocycles. The monoisotopic (exact) mass is 385 g/mol. The summed E-state index contributed by atoms with van der Waals surface area (Å²) in [5, 5.41) is 9.84. The normalized spacial score (nSPS) is 28.2. The Hall–Kier alpha value is -3.79. The molecule has 7 nitrogen and oxygen atoms in total. The lowest BCUT2D eigenvalue weighted by Crippen LogP contribution is -2.40. The average Bonchev–Trinajstić information content (AvgIpc) is 3.41. The van der Waals surface area contributed by atoms with Crippen LogP contribution >= 0.6 is 0 Å². The molecule has 4 aliphatic heterocycles. The Labute approximate surface area is 166 Å². The molecule has 0 radical (unpaired) electrons. The lowest BCUT2D eigenvalue weighted by molar-refractivity contribution is -0.123. The van der Waals surface area contributed by atoms with Crippen molar-refractivity contribution in [1.29, 1.82) is 5.26 Å². The van der Waals surface area contributed by atoms with E-state index in [-0.39, 0.29) is 24.6 Å². The van der Waals surface area contributed by atoms with Gasteiger partial charge in [0.25, 0.3) is 0 Å². The maximum Gasteiger partial charge on any atom is 0.240 e. The lowest BCUT2D eigenvalue weighted by Gasteiger charge is -2.33. The molecular formula is C22H15N3O4. The third kappa shape index (κ3) is 2.00. The van der Waals surface area contributed by atoms with E-state index in [2.05, 4.69) is 6.07 Å². The molecule has 2 amide bonds. The molecule has 142 valence electrons. The number of amides is 2. The van der Waals surface area contributed by atoms with Gasteiger partial charge in [-0.1, -0.05) is 24.3 Å². The molecule has 0 bridgehead atoms. The minimum absolute atomic E-state index is 0.114. The molecule has 4 atom stereocenters. The van der Waals surface area contributed by atoms with E-state index in [1.807, 2.05) is 41.4 Å². The van der Waals surface area contributed by atoms with Crippen LogP contribution in [0.2, 0.25) is 0 Å². The van der Waals surface area contributed by atoms with Gasteiger partial charge >= 0.3 is 0 Å². The average molecular weight is 385 g/mol. The number of nitriles is 1. The van der Waals surface area contributed by atoms with Crippen molar-refractivity contribution in [1.82, 2.24) is 4.90 Å². The molecular weight excluding hydrogens is 370 g/mol. The molecule has 2 aromatic carbocycles. The first-order valence-electron chi connectivity index (χ1n) is 9.40. The van der Waals surface area contributed by atoms with Crippen molar-refractivity contribution >= 4 is 23.6 Å². The first kappa shape index (κ1) is 16.2. The number of rotatable bonds is 1. The van der Waals surface area contributed by atoms with Crippen LogP contribution in [-0.4, -0.2) is 29.5 Å². The van der Waals surface area contributed by atoms with Crippen LogP contribution in [0.25, 0.3) is 6.08 Å². The van der Waals surface area contributed by atoms with Gasteiger partial charge in [0.1, 0.15) is 6.04 Å². The first-order valence-corrected chi connectivity index (χ1v) is 9.40. The maximum absolute atomic E-state index is 13.5. The predicted octanol–water partition coefficient (Wildman–Crippen LogP) is 2.45. The van der Waals surface area contributed by atoms with Crippen LogP contribution in [0.15, 0.2) is 48.7 Å². The molecule has 0 aliphatic carbocycles. The summed E-state index contributed by atoms with van der Waals surface area (Å²) in [7, 11) is 0. The standard InChI is InChI=1S/C22H15N3O4/c23-10-15-18-19(20-14-4-2-1-3-12(14)7-8-24(15)20)22(27)25(21(18)26)13-5-6-16-17(9-13)29-11-28-16/h1-9,15,18-20H,11H2/t15-,18+,19+,20+/m1/s1. The van der Waals surface area contributed by atoms with Gasteiger partial charge in [-0.15, -0.1) is 0 Å². The fraction of sp³-hybridized carbons (Fsp3) is 0.227. The number of benzene rings is 2. The number of anilines is 1. The summed E-state index contributed by atoms with van der Waals surface area (Å²) in [5.41, 5.74) is 2.42. The van der Waals surface area contributed by atoms with Crippen LogP contribution in [0.1, 0.15) is 17.2 Å². The number of carbonyl (C=O) groups is 2. The zero-order valence-corrected chi connectivity index (χ0v) is 15.2. The molecule has 0 spiro atoms. The highest BCUT2D eigenvalue weighted by molar-refractivity contribution is 6.23. The van der Waals surface area contributed by atoms with Gasteiger partial charge < -0.3 is 14.4 Å². The Morgan fingerprint density at radius 1 is 1.00 bits per heavy atom. The van der Waals surface area contributed by atoms with Crippen LogP contribution in [-0.2, 0) is 9.59 Å². The molecule has 0 unspecified atom stereocenters. The Kier molecular flexibility index (Phi) is 3.13. The van der Waals surface area contributed by atoms with E-state index in [9.17, 15) is 14.9 Å². The van der Waals surface area contributed by atoms with Gasteiger partial charge in [-0.3, -0.25) is 9.59 Å². The zero-order valence-electron chi connectivity index (χ0n) is 15.2. The molecule has 29 heavy (non-hydrogen) atoms. The molecule has 2 fully saturated rings. The third-order valence-corrected chi connectivity index (χ3v) is 6.21. The molecule has 4 aliphatic rings. The van der Waals surface area contributed by atoms with E-state index in [0.717, 1.165) is 11.1 Å². The fourth-order valence-electron chi connectivity index (χ4n) is 4.98. The Morgan fingerprint density at radius 3 is 2.66 bits per heavy atom. The van der Waals surface area contributed by atoms with Crippen molar-refractivity contribution < 1.29 is 19.1 Å². The second-order valence-electron chi connectivity index (χ2n) is 7.51. The minimum Gasteiger partial charge on any atom is -0.454 e. The van der Waals surface area contributed by atoms with E-state index in [1.165, 1.54) is 4.90 Å². The summed E-state index contributed by atoms with van der Waals surface area (Å²) in [5.74, 6) is -0.852. The maximum atomic E-state index is 13.5. The largest absolute Gasteiger partial charge is 0.454 e. The number of nitrogens with zero attached hydrogens (tertiary/aromatic N) is 3. The van der Waals surface area contributed by atoms with Crippen LogP contribution in [0.4, 0.5) is 5.69 Å². The van der Waals surface area contributed by atoms with Crippen LogP contribution < -0.4 is 14.4 Å². The highest BCUT2D eigenvalue weighted by Crippen LogP contribution is 2.53. The van der Waals surface area contributed by atoms with Gasteiger partial charge in [0.05, 0.1) is 29.6 Å². The van der Waals surface area contributed by atoms with E-state index >= 15 is 0 Å². The van der Waals surface area contributed by atoms with Crippen molar-refractivity contribution in [2.45, 2.75) is 12.1 Å².